The molecule has 1 rings (SSSR count). The van der Waals surface area contributed by atoms with E-state index in [0.29, 0.717) is 5.69 Å². The van der Waals surface area contributed by atoms with E-state index < -0.39 is 24.0 Å². The molecular formula is C11H13ClN2O4. The number of aliphatic hydroxyl groups excluding tert-OH is 1. The van der Waals surface area contributed by atoms with Crippen LogP contribution in [0.2, 0.25) is 5.02 Å². The highest BCUT2D eigenvalue weighted by molar-refractivity contribution is 6.33. The van der Waals surface area contributed by atoms with Crippen molar-refractivity contribution in [3.05, 3.63) is 28.8 Å². The Morgan fingerprint density at radius 1 is 1.44 bits per heavy atom. The maximum Gasteiger partial charge on any atom is 0.328 e. The Bertz CT molecular complexity index is 476. The predicted molar refractivity (Wildman–Crippen MR) is 66.4 cm³/mol. The van der Waals surface area contributed by atoms with Crippen LogP contribution >= 0.6 is 11.6 Å². The third-order valence-corrected chi connectivity index (χ3v) is 2.63. The fourth-order valence-electron chi connectivity index (χ4n) is 1.28. The Morgan fingerprint density at radius 2 is 2.06 bits per heavy atom. The topological polar surface area (TPSA) is 113 Å². The molecule has 1 aromatic carbocycles. The molecule has 0 fully saturated rings. The van der Waals surface area contributed by atoms with Crippen LogP contribution in [0, 0.1) is 0 Å². The predicted octanol–water partition coefficient (Wildman–Crippen LogP) is 0.486. The van der Waals surface area contributed by atoms with Gasteiger partial charge in [-0.25, -0.2) is 4.79 Å². The zero-order chi connectivity index (χ0) is 13.9. The summed E-state index contributed by atoms with van der Waals surface area (Å²) >= 11 is 5.75. The van der Waals surface area contributed by atoms with Crippen molar-refractivity contribution in [1.29, 1.82) is 0 Å². The number of hydrogen-bond acceptors (Lipinski definition) is 4. The van der Waals surface area contributed by atoms with Gasteiger partial charge in [-0.2, -0.15) is 0 Å². The number of nitrogens with two attached hydrogens (primary N) is 1. The van der Waals surface area contributed by atoms with Gasteiger partial charge in [0.05, 0.1) is 16.8 Å². The van der Waals surface area contributed by atoms with E-state index in [2.05, 4.69) is 5.32 Å². The monoisotopic (exact) mass is 272 g/mol. The summed E-state index contributed by atoms with van der Waals surface area (Å²) in [7, 11) is 0. The highest BCUT2D eigenvalue weighted by atomic mass is 35.5. The first-order valence-electron chi connectivity index (χ1n) is 5.09. The lowest BCUT2D eigenvalue weighted by molar-refractivity contribution is -0.141. The highest BCUT2D eigenvalue weighted by Gasteiger charge is 2.25. The van der Waals surface area contributed by atoms with E-state index in [1.807, 2.05) is 0 Å². The van der Waals surface area contributed by atoms with Crippen LogP contribution in [0.3, 0.4) is 0 Å². The summed E-state index contributed by atoms with van der Waals surface area (Å²) in [5.74, 6) is -1.97. The van der Waals surface area contributed by atoms with Gasteiger partial charge in [0, 0.05) is 5.56 Å². The molecule has 0 aliphatic rings. The summed E-state index contributed by atoms with van der Waals surface area (Å²) in [5.41, 5.74) is 5.97. The third kappa shape index (κ3) is 3.35. The van der Waals surface area contributed by atoms with Gasteiger partial charge in [0.1, 0.15) is 0 Å². The number of benzene rings is 1. The third-order valence-electron chi connectivity index (χ3n) is 2.30. The lowest BCUT2D eigenvalue weighted by Crippen LogP contribution is -2.47. The second-order valence-corrected chi connectivity index (χ2v) is 4.17. The number of aliphatic hydroxyl groups is 1. The summed E-state index contributed by atoms with van der Waals surface area (Å²) in [5, 5.41) is 20.4. The molecule has 0 radical (unpaired) electrons. The highest BCUT2D eigenvalue weighted by Crippen LogP contribution is 2.19. The maximum absolute atomic E-state index is 11.7. The van der Waals surface area contributed by atoms with Crippen LogP contribution in [0.5, 0.6) is 0 Å². The molecule has 2 unspecified atom stereocenters. The number of aliphatic carboxylic acids is 1. The molecule has 0 aromatic heterocycles. The summed E-state index contributed by atoms with van der Waals surface area (Å²) < 4.78 is 0. The van der Waals surface area contributed by atoms with Gasteiger partial charge in [-0.3, -0.25) is 4.79 Å². The van der Waals surface area contributed by atoms with E-state index in [9.17, 15) is 14.7 Å². The average Bonchev–Trinajstić information content (AvgIpc) is 2.28. The molecule has 0 spiro atoms. The van der Waals surface area contributed by atoms with Gasteiger partial charge in [-0.05, 0) is 25.1 Å². The molecule has 18 heavy (non-hydrogen) atoms. The van der Waals surface area contributed by atoms with Crippen LogP contribution < -0.4 is 11.1 Å². The van der Waals surface area contributed by atoms with Crippen molar-refractivity contribution in [2.45, 2.75) is 19.1 Å². The van der Waals surface area contributed by atoms with Crippen molar-refractivity contribution in [1.82, 2.24) is 5.32 Å². The molecule has 0 bridgehead atoms. The lowest BCUT2D eigenvalue weighted by Gasteiger charge is -2.17. The maximum atomic E-state index is 11.7. The van der Waals surface area contributed by atoms with E-state index in [1.54, 1.807) is 0 Å². The van der Waals surface area contributed by atoms with Gasteiger partial charge in [0.15, 0.2) is 6.04 Å². The molecule has 0 saturated heterocycles. The standard InChI is InChI=1S/C11H13ClN2O4/c1-5(15)9(11(17)18)14-10(16)6-2-3-8(13)7(12)4-6/h2-5,9,15H,13H2,1H3,(H,14,16)(H,17,18). The molecule has 5 N–H and O–H groups in total. The first-order valence-corrected chi connectivity index (χ1v) is 5.47. The number of carbonyl (C=O) groups excluding carboxylic acids is 1. The van der Waals surface area contributed by atoms with Crippen LogP contribution in [0.4, 0.5) is 5.69 Å². The van der Waals surface area contributed by atoms with Crippen LogP contribution in [0.15, 0.2) is 18.2 Å². The average molecular weight is 273 g/mol. The van der Waals surface area contributed by atoms with Crippen molar-refractivity contribution < 1.29 is 19.8 Å². The quantitative estimate of drug-likeness (QED) is 0.596. The summed E-state index contributed by atoms with van der Waals surface area (Å²) in [4.78, 5) is 22.6. The van der Waals surface area contributed by atoms with E-state index in [0.717, 1.165) is 0 Å². The number of carboxylic acid groups (broad SMARTS) is 1. The number of nitrogen functional groups attached to an aromatic ring is 1. The van der Waals surface area contributed by atoms with Crippen LogP contribution in [0.25, 0.3) is 0 Å². The summed E-state index contributed by atoms with van der Waals surface area (Å²) in [6, 6.07) is 2.80. The molecule has 0 saturated carbocycles. The van der Waals surface area contributed by atoms with Gasteiger partial charge >= 0.3 is 5.97 Å². The minimum absolute atomic E-state index is 0.168. The van der Waals surface area contributed by atoms with Gasteiger partial charge in [-0.15, -0.1) is 0 Å². The minimum Gasteiger partial charge on any atom is -0.480 e. The molecule has 98 valence electrons. The van der Waals surface area contributed by atoms with Gasteiger partial charge in [0.2, 0.25) is 0 Å². The van der Waals surface area contributed by atoms with E-state index in [1.165, 1.54) is 25.1 Å². The second-order valence-electron chi connectivity index (χ2n) is 3.77. The normalized spacial score (nSPS) is 13.7. The smallest absolute Gasteiger partial charge is 0.328 e. The molecule has 0 aliphatic carbocycles. The molecule has 1 aromatic rings. The number of nitrogens with one attached hydrogen (secondary N) is 1. The molecular weight excluding hydrogens is 260 g/mol. The number of carbonyl (C=O) groups is 2. The Kier molecular flexibility index (Phi) is 4.52. The Balaban J connectivity index is 2.87. The number of carboxylic acids is 1. The Labute approximate surface area is 108 Å². The van der Waals surface area contributed by atoms with Gasteiger partial charge in [-0.1, -0.05) is 11.6 Å². The van der Waals surface area contributed by atoms with E-state index in [4.69, 9.17) is 22.4 Å². The fourth-order valence-corrected chi connectivity index (χ4v) is 1.46. The first-order chi connectivity index (χ1) is 8.32. The number of rotatable bonds is 4. The van der Waals surface area contributed by atoms with Gasteiger partial charge in [0.25, 0.3) is 5.91 Å². The first kappa shape index (κ1) is 14.3. The SMILES string of the molecule is CC(O)C(NC(=O)c1ccc(N)c(Cl)c1)C(=O)O. The zero-order valence-corrected chi connectivity index (χ0v) is 10.3. The zero-order valence-electron chi connectivity index (χ0n) is 9.55. The molecule has 1 amide bonds. The number of hydrogen-bond donors (Lipinski definition) is 4. The Morgan fingerprint density at radius 3 is 2.50 bits per heavy atom. The van der Waals surface area contributed by atoms with Crippen molar-refractivity contribution in [3.63, 3.8) is 0 Å². The number of halogens is 1. The van der Waals surface area contributed by atoms with Crippen molar-refractivity contribution >= 4 is 29.2 Å². The van der Waals surface area contributed by atoms with Crippen LogP contribution in [-0.2, 0) is 4.79 Å². The Hall–Kier alpha value is -1.79. The fraction of sp³-hybridized carbons (Fsp3) is 0.273. The minimum atomic E-state index is -1.38. The van der Waals surface area contributed by atoms with Crippen LogP contribution in [0.1, 0.15) is 17.3 Å². The summed E-state index contributed by atoms with van der Waals surface area (Å²) in [6.45, 7) is 1.27. The van der Waals surface area contributed by atoms with Gasteiger partial charge < -0.3 is 21.3 Å². The van der Waals surface area contributed by atoms with Crippen molar-refractivity contribution in [2.24, 2.45) is 0 Å². The van der Waals surface area contributed by atoms with Crippen molar-refractivity contribution in [3.8, 4) is 0 Å². The largest absolute Gasteiger partial charge is 0.480 e. The lowest BCUT2D eigenvalue weighted by atomic mass is 10.1. The van der Waals surface area contributed by atoms with E-state index in [-0.39, 0.29) is 10.6 Å². The number of amides is 1. The van der Waals surface area contributed by atoms with Crippen molar-refractivity contribution in [2.75, 3.05) is 5.73 Å². The van der Waals surface area contributed by atoms with E-state index >= 15 is 0 Å². The summed E-state index contributed by atoms with van der Waals surface area (Å²) in [6.07, 6.45) is -1.21. The molecule has 0 heterocycles. The molecule has 0 aliphatic heterocycles. The molecule has 6 nitrogen and oxygen atoms in total. The van der Waals surface area contributed by atoms with Crippen LogP contribution in [-0.4, -0.2) is 34.2 Å². The number of anilines is 1. The molecule has 7 heteroatoms. The second kappa shape index (κ2) is 5.70. The molecule has 2 atom stereocenters.